The number of nitrogens with zero attached hydrogens (tertiary/aromatic N) is 2. The van der Waals surface area contributed by atoms with Gasteiger partial charge < -0.3 is 14.3 Å². The van der Waals surface area contributed by atoms with Gasteiger partial charge in [-0.1, -0.05) is 146 Å². The molecule has 6 heteroatoms. The quantitative estimate of drug-likeness (QED) is 0.184. The number of amidine groups is 1. The number of furan rings is 1. The lowest BCUT2D eigenvalue weighted by Crippen LogP contribution is -2.44. The third-order valence-electron chi connectivity index (χ3n) is 11.5. The third-order valence-corrected chi connectivity index (χ3v) is 12.7. The van der Waals surface area contributed by atoms with Crippen LogP contribution in [0.2, 0.25) is 0 Å². The minimum atomic E-state index is -0.246. The third kappa shape index (κ3) is 5.08. The lowest BCUT2D eigenvalue weighted by molar-refractivity contribution is 0.411. The van der Waals surface area contributed by atoms with Crippen molar-refractivity contribution < 1.29 is 4.42 Å². The molecule has 4 heterocycles. The van der Waals surface area contributed by atoms with E-state index in [1.165, 1.54) is 58.7 Å². The molecule has 1 aliphatic rings. The molecule has 3 aromatic heterocycles. The van der Waals surface area contributed by atoms with Gasteiger partial charge >= 0.3 is 0 Å². The lowest BCUT2D eigenvalue weighted by atomic mass is 9.97. The van der Waals surface area contributed by atoms with Crippen LogP contribution in [0.4, 0.5) is 0 Å². The fourth-order valence-corrected chi connectivity index (χ4v) is 10.2. The average molecular weight is 751 g/mol. The Hall–Kier alpha value is -6.99. The zero-order valence-electron chi connectivity index (χ0n) is 30.7. The van der Waals surface area contributed by atoms with E-state index in [9.17, 15) is 0 Å². The molecule has 0 spiro atoms. The van der Waals surface area contributed by atoms with Gasteiger partial charge in [0.05, 0.1) is 16.7 Å². The predicted molar refractivity (Wildman–Crippen MR) is 238 cm³/mol. The molecule has 12 rings (SSSR count). The second kappa shape index (κ2) is 12.8. The van der Waals surface area contributed by atoms with Crippen LogP contribution in [0.1, 0.15) is 29.0 Å². The number of aliphatic imine (C=N–C) groups is 1. The zero-order valence-corrected chi connectivity index (χ0v) is 31.5. The second-order valence-electron chi connectivity index (χ2n) is 14.7. The first-order valence-electron chi connectivity index (χ1n) is 19.4. The highest BCUT2D eigenvalue weighted by Crippen LogP contribution is 2.45. The Labute approximate surface area is 332 Å². The van der Waals surface area contributed by atoms with E-state index in [4.69, 9.17) is 9.41 Å². The average Bonchev–Trinajstić information content (AvgIpc) is 3.96. The van der Waals surface area contributed by atoms with Crippen LogP contribution in [0.3, 0.4) is 0 Å². The Morgan fingerprint density at radius 1 is 0.561 bits per heavy atom. The van der Waals surface area contributed by atoms with E-state index in [1.807, 2.05) is 17.4 Å². The summed E-state index contributed by atoms with van der Waals surface area (Å²) in [6.45, 7) is 0. The van der Waals surface area contributed by atoms with Crippen molar-refractivity contribution in [1.82, 2.24) is 15.2 Å². The summed E-state index contributed by atoms with van der Waals surface area (Å²) in [7, 11) is 0. The molecule has 1 aliphatic heterocycles. The molecule has 0 bridgehead atoms. The van der Waals surface area contributed by atoms with Gasteiger partial charge in [-0.2, -0.15) is 0 Å². The first-order chi connectivity index (χ1) is 28.3. The van der Waals surface area contributed by atoms with Crippen molar-refractivity contribution in [2.75, 3.05) is 0 Å². The standard InChI is InChI=1S/C51H34N4OS/c1-3-14-31(15-4-1)49-52-50(32-16-5-2-6-17-32)54-51(53-49)39-23-11-22-38-46-34(20-13-27-45(46)57-48(38)39)33-28-29-44-40(30-33)37-21-12-26-43(47(37)56-44)55-41-24-9-7-18-35(41)36-19-8-10-25-42(36)55/h1-30,49,51,53H,(H,52,54). The molecule has 0 saturated heterocycles. The van der Waals surface area contributed by atoms with Crippen molar-refractivity contribution >= 4 is 81.1 Å². The summed E-state index contributed by atoms with van der Waals surface area (Å²) in [6.07, 6.45) is -0.347. The summed E-state index contributed by atoms with van der Waals surface area (Å²) >= 11 is 1.84. The number of hydrogen-bond donors (Lipinski definition) is 2. The van der Waals surface area contributed by atoms with Crippen LogP contribution in [0, 0.1) is 0 Å². The van der Waals surface area contributed by atoms with Crippen molar-refractivity contribution in [1.29, 1.82) is 0 Å². The summed E-state index contributed by atoms with van der Waals surface area (Å²) in [5.41, 5.74) is 10.9. The first-order valence-corrected chi connectivity index (χ1v) is 20.2. The van der Waals surface area contributed by atoms with Crippen LogP contribution in [-0.4, -0.2) is 10.4 Å². The van der Waals surface area contributed by atoms with Crippen LogP contribution in [0.15, 0.2) is 191 Å². The molecular formula is C51H34N4OS. The van der Waals surface area contributed by atoms with Gasteiger partial charge in [0.15, 0.2) is 5.58 Å². The highest BCUT2D eigenvalue weighted by molar-refractivity contribution is 7.26. The summed E-state index contributed by atoms with van der Waals surface area (Å²) in [5, 5.41) is 14.7. The maximum atomic E-state index is 6.76. The smallest absolute Gasteiger partial charge is 0.159 e. The molecule has 2 atom stereocenters. The van der Waals surface area contributed by atoms with Crippen LogP contribution in [0.5, 0.6) is 0 Å². The van der Waals surface area contributed by atoms with Crippen molar-refractivity contribution in [3.63, 3.8) is 0 Å². The first kappa shape index (κ1) is 32.3. The summed E-state index contributed by atoms with van der Waals surface area (Å²) < 4.78 is 11.6. The highest BCUT2D eigenvalue weighted by Gasteiger charge is 2.28. The second-order valence-corrected chi connectivity index (χ2v) is 15.8. The molecule has 0 amide bonds. The van der Waals surface area contributed by atoms with Gasteiger partial charge in [0.2, 0.25) is 0 Å². The Kier molecular flexibility index (Phi) is 7.24. The van der Waals surface area contributed by atoms with Gasteiger partial charge in [-0.15, -0.1) is 11.3 Å². The Morgan fingerprint density at radius 3 is 2.05 bits per heavy atom. The lowest BCUT2D eigenvalue weighted by Gasteiger charge is -2.32. The monoisotopic (exact) mass is 750 g/mol. The molecule has 11 aromatic rings. The largest absolute Gasteiger partial charge is 0.454 e. The number of para-hydroxylation sites is 3. The maximum Gasteiger partial charge on any atom is 0.159 e. The van der Waals surface area contributed by atoms with Crippen molar-refractivity contribution in [3.8, 4) is 16.8 Å². The molecule has 270 valence electrons. The number of thiophene rings is 1. The van der Waals surface area contributed by atoms with E-state index in [0.717, 1.165) is 44.6 Å². The molecular weight excluding hydrogens is 717 g/mol. The molecule has 0 aliphatic carbocycles. The SMILES string of the molecule is c1ccc(C2=NC(c3cccc4c3sc3cccc(-c5ccc6oc7c(-n8c9ccccc9c9ccccc98)cccc7c6c5)c34)NC(c3ccccc3)N2)cc1. The van der Waals surface area contributed by atoms with Gasteiger partial charge in [0, 0.05) is 52.8 Å². The van der Waals surface area contributed by atoms with Gasteiger partial charge in [0.25, 0.3) is 0 Å². The Balaban J connectivity index is 1.00. The van der Waals surface area contributed by atoms with Gasteiger partial charge in [-0.3, -0.25) is 5.32 Å². The number of hydrogen-bond acceptors (Lipinski definition) is 5. The summed E-state index contributed by atoms with van der Waals surface area (Å²) in [6, 6.07) is 64.8. The number of benzene rings is 8. The van der Waals surface area contributed by atoms with Crippen molar-refractivity contribution in [2.24, 2.45) is 4.99 Å². The van der Waals surface area contributed by atoms with Crippen LogP contribution in [0.25, 0.3) is 80.7 Å². The van der Waals surface area contributed by atoms with Gasteiger partial charge in [-0.05, 0) is 53.1 Å². The minimum absolute atomic E-state index is 0.101. The molecule has 57 heavy (non-hydrogen) atoms. The summed E-state index contributed by atoms with van der Waals surface area (Å²) in [5.74, 6) is 0.883. The van der Waals surface area contributed by atoms with E-state index in [1.54, 1.807) is 0 Å². The highest BCUT2D eigenvalue weighted by atomic mass is 32.1. The minimum Gasteiger partial charge on any atom is -0.454 e. The zero-order chi connectivity index (χ0) is 37.5. The Bertz CT molecular complexity index is 3320. The Morgan fingerprint density at radius 2 is 1.25 bits per heavy atom. The predicted octanol–water partition coefficient (Wildman–Crippen LogP) is 13.1. The van der Waals surface area contributed by atoms with Crippen LogP contribution < -0.4 is 10.6 Å². The number of rotatable bonds is 5. The topological polar surface area (TPSA) is 54.5 Å². The van der Waals surface area contributed by atoms with Gasteiger partial charge in [0.1, 0.15) is 23.8 Å². The van der Waals surface area contributed by atoms with E-state index >= 15 is 0 Å². The molecule has 0 saturated carbocycles. The molecule has 2 N–H and O–H groups in total. The van der Waals surface area contributed by atoms with Crippen LogP contribution >= 0.6 is 11.3 Å². The fourth-order valence-electron chi connectivity index (χ4n) is 8.91. The van der Waals surface area contributed by atoms with Gasteiger partial charge in [-0.25, -0.2) is 4.99 Å². The van der Waals surface area contributed by atoms with Crippen molar-refractivity contribution in [2.45, 2.75) is 12.3 Å². The van der Waals surface area contributed by atoms with E-state index < -0.39 is 0 Å². The molecule has 0 fully saturated rings. The molecule has 2 unspecified atom stereocenters. The molecule has 8 aromatic carbocycles. The normalized spacial score (nSPS) is 15.9. The van der Waals surface area contributed by atoms with Crippen molar-refractivity contribution in [3.05, 3.63) is 199 Å². The van der Waals surface area contributed by atoms with Crippen LogP contribution in [-0.2, 0) is 0 Å². The fraction of sp³-hybridized carbons (Fsp3) is 0.0392. The number of nitrogens with one attached hydrogen (secondary N) is 2. The van der Waals surface area contributed by atoms with E-state index in [0.29, 0.717) is 0 Å². The summed E-state index contributed by atoms with van der Waals surface area (Å²) in [4.78, 5) is 5.30. The maximum absolute atomic E-state index is 6.76. The molecule has 5 nitrogen and oxygen atoms in total. The van der Waals surface area contributed by atoms with E-state index in [-0.39, 0.29) is 12.3 Å². The number of fused-ring (bicyclic) bond motifs is 9. The number of aromatic nitrogens is 1. The van der Waals surface area contributed by atoms with E-state index in [2.05, 4.69) is 191 Å². The molecule has 0 radical (unpaired) electrons.